The van der Waals surface area contributed by atoms with Crippen molar-refractivity contribution in [2.45, 2.75) is 52.1 Å². The van der Waals surface area contributed by atoms with Gasteiger partial charge in [-0.2, -0.15) is 0 Å². The van der Waals surface area contributed by atoms with Crippen molar-refractivity contribution in [2.75, 3.05) is 0 Å². The van der Waals surface area contributed by atoms with Crippen molar-refractivity contribution in [1.82, 2.24) is 9.97 Å². The summed E-state index contributed by atoms with van der Waals surface area (Å²) in [6.45, 7) is 12.2. The fourth-order valence-corrected chi connectivity index (χ4v) is 3.48. The quantitative estimate of drug-likeness (QED) is 0.461. The number of nitrogens with zero attached hydrogens (tertiary/aromatic N) is 2. The number of halogens is 2. The van der Waals surface area contributed by atoms with Crippen molar-refractivity contribution in [3.05, 3.63) is 50.9 Å². The molecule has 0 fully saturated rings. The molecule has 0 amide bonds. The normalized spacial score (nSPS) is 12.3. The van der Waals surface area contributed by atoms with Crippen LogP contribution in [0.5, 0.6) is 5.75 Å². The van der Waals surface area contributed by atoms with Crippen molar-refractivity contribution in [3.63, 3.8) is 0 Å². The van der Waals surface area contributed by atoms with Gasteiger partial charge in [-0.3, -0.25) is 0 Å². The summed E-state index contributed by atoms with van der Waals surface area (Å²) < 4.78 is 14.0. The van der Waals surface area contributed by atoms with Gasteiger partial charge in [0.05, 0.1) is 21.2 Å². The monoisotopic (exact) mass is 486 g/mol. The molecule has 0 aliphatic heterocycles. The van der Waals surface area contributed by atoms with Crippen LogP contribution in [0.1, 0.15) is 32.0 Å². The average molecular weight is 488 g/mol. The fraction of sp³-hybridized carbons (Fsp3) is 0.444. The SMILES string of the molecule is CC(C)(C)[Si](C)(C)OCc1ccc(Br)c(OCc2ncncc2Br)c1. The predicted octanol–water partition coefficient (Wildman–Crippen LogP) is 6.10. The van der Waals surface area contributed by atoms with Gasteiger partial charge in [-0.15, -0.1) is 0 Å². The summed E-state index contributed by atoms with van der Waals surface area (Å²) in [7, 11) is -1.77. The summed E-state index contributed by atoms with van der Waals surface area (Å²) in [5.74, 6) is 0.779. The van der Waals surface area contributed by atoms with E-state index in [4.69, 9.17) is 9.16 Å². The summed E-state index contributed by atoms with van der Waals surface area (Å²) in [5, 5.41) is 0.195. The Morgan fingerprint density at radius 3 is 2.44 bits per heavy atom. The van der Waals surface area contributed by atoms with Gasteiger partial charge >= 0.3 is 0 Å². The highest BCUT2D eigenvalue weighted by Gasteiger charge is 2.37. The summed E-state index contributed by atoms with van der Waals surface area (Å²) in [5.41, 5.74) is 1.91. The maximum Gasteiger partial charge on any atom is 0.192 e. The fourth-order valence-electron chi connectivity index (χ4n) is 1.82. The van der Waals surface area contributed by atoms with Crippen molar-refractivity contribution < 1.29 is 9.16 Å². The maximum absolute atomic E-state index is 6.30. The van der Waals surface area contributed by atoms with Crippen LogP contribution in [0.15, 0.2) is 39.7 Å². The summed E-state index contributed by atoms with van der Waals surface area (Å²) in [6.07, 6.45) is 3.23. The van der Waals surface area contributed by atoms with Crippen LogP contribution in [0.25, 0.3) is 0 Å². The number of benzene rings is 1. The van der Waals surface area contributed by atoms with E-state index in [1.165, 1.54) is 6.33 Å². The van der Waals surface area contributed by atoms with Gasteiger partial charge in [-0.1, -0.05) is 26.8 Å². The van der Waals surface area contributed by atoms with Gasteiger partial charge in [0, 0.05) is 6.20 Å². The van der Waals surface area contributed by atoms with Crippen molar-refractivity contribution >= 4 is 40.2 Å². The molecule has 1 heterocycles. The van der Waals surface area contributed by atoms with Gasteiger partial charge < -0.3 is 9.16 Å². The molecule has 2 rings (SSSR count). The lowest BCUT2D eigenvalue weighted by atomic mass is 10.2. The minimum absolute atomic E-state index is 0.195. The highest BCUT2D eigenvalue weighted by molar-refractivity contribution is 9.10. The van der Waals surface area contributed by atoms with Gasteiger partial charge in [0.1, 0.15) is 18.7 Å². The van der Waals surface area contributed by atoms with E-state index >= 15 is 0 Å². The van der Waals surface area contributed by atoms with Gasteiger partial charge in [0.15, 0.2) is 8.32 Å². The lowest BCUT2D eigenvalue weighted by Crippen LogP contribution is -2.40. The molecule has 0 atom stereocenters. The van der Waals surface area contributed by atoms with Crippen molar-refractivity contribution in [1.29, 1.82) is 0 Å². The zero-order valence-electron chi connectivity index (χ0n) is 15.3. The first-order valence-corrected chi connectivity index (χ1v) is 12.6. The first-order valence-electron chi connectivity index (χ1n) is 8.10. The second-order valence-electron chi connectivity index (χ2n) is 7.42. The van der Waals surface area contributed by atoms with Gasteiger partial charge in [-0.25, -0.2) is 9.97 Å². The van der Waals surface area contributed by atoms with Crippen LogP contribution >= 0.6 is 31.9 Å². The molecule has 0 saturated carbocycles. The van der Waals surface area contributed by atoms with Crippen LogP contribution in [0.2, 0.25) is 18.1 Å². The molecule has 7 heteroatoms. The second kappa shape index (κ2) is 8.29. The van der Waals surface area contributed by atoms with Gasteiger partial charge in [-0.05, 0) is 67.7 Å². The van der Waals surface area contributed by atoms with Crippen molar-refractivity contribution in [3.8, 4) is 5.75 Å². The molecule has 0 bridgehead atoms. The predicted molar refractivity (Wildman–Crippen MR) is 110 cm³/mol. The smallest absolute Gasteiger partial charge is 0.192 e. The molecule has 1 aromatic heterocycles. The zero-order chi connectivity index (χ0) is 18.7. The number of ether oxygens (including phenoxy) is 1. The van der Waals surface area contributed by atoms with E-state index in [0.717, 1.165) is 26.0 Å². The Hall–Kier alpha value is -0.763. The molecule has 4 nitrogen and oxygen atoms in total. The van der Waals surface area contributed by atoms with Crippen LogP contribution in [0, 0.1) is 0 Å². The molecule has 0 N–H and O–H groups in total. The Bertz CT molecular complexity index is 733. The largest absolute Gasteiger partial charge is 0.486 e. The van der Waals surface area contributed by atoms with Crippen LogP contribution in [-0.2, 0) is 17.6 Å². The standard InChI is InChI=1S/C18H24Br2N2O2Si/c1-18(2,3)25(4,5)24-10-13-6-7-14(19)17(8-13)23-11-16-15(20)9-21-12-22-16/h6-9,12H,10-11H2,1-5H3. The van der Waals surface area contributed by atoms with E-state index in [2.05, 4.69) is 81.8 Å². The third-order valence-electron chi connectivity index (χ3n) is 4.51. The highest BCUT2D eigenvalue weighted by Crippen LogP contribution is 2.37. The highest BCUT2D eigenvalue weighted by atomic mass is 79.9. The molecule has 0 unspecified atom stereocenters. The second-order valence-corrected chi connectivity index (χ2v) is 13.9. The van der Waals surface area contributed by atoms with E-state index in [-0.39, 0.29) is 5.04 Å². The maximum atomic E-state index is 6.30. The molecule has 0 radical (unpaired) electrons. The van der Waals surface area contributed by atoms with Crippen LogP contribution in [0.3, 0.4) is 0 Å². The molecular weight excluding hydrogens is 464 g/mol. The van der Waals surface area contributed by atoms with E-state index < -0.39 is 8.32 Å². The summed E-state index contributed by atoms with van der Waals surface area (Å²) in [4.78, 5) is 8.19. The Kier molecular flexibility index (Phi) is 6.81. The van der Waals surface area contributed by atoms with E-state index in [9.17, 15) is 0 Å². The molecule has 0 aliphatic carbocycles. The Labute approximate surface area is 167 Å². The zero-order valence-corrected chi connectivity index (χ0v) is 19.4. The summed E-state index contributed by atoms with van der Waals surface area (Å²) in [6, 6.07) is 6.08. The molecule has 1 aromatic carbocycles. The lowest BCUT2D eigenvalue weighted by Gasteiger charge is -2.36. The number of hydrogen-bond donors (Lipinski definition) is 0. The Balaban J connectivity index is 2.06. The number of rotatable bonds is 6. The Morgan fingerprint density at radius 1 is 1.08 bits per heavy atom. The van der Waals surface area contributed by atoms with Crippen LogP contribution < -0.4 is 4.74 Å². The first-order chi connectivity index (χ1) is 11.6. The minimum Gasteiger partial charge on any atom is -0.486 e. The molecule has 136 valence electrons. The van der Waals surface area contributed by atoms with E-state index in [1.807, 2.05) is 12.1 Å². The Morgan fingerprint density at radius 2 is 1.80 bits per heavy atom. The van der Waals surface area contributed by atoms with E-state index in [0.29, 0.717) is 13.2 Å². The molecule has 25 heavy (non-hydrogen) atoms. The number of aromatic nitrogens is 2. The topological polar surface area (TPSA) is 44.2 Å². The first kappa shape index (κ1) is 20.5. The van der Waals surface area contributed by atoms with Gasteiger partial charge in [0.2, 0.25) is 0 Å². The van der Waals surface area contributed by atoms with E-state index in [1.54, 1.807) is 6.20 Å². The molecule has 0 saturated heterocycles. The van der Waals surface area contributed by atoms with Gasteiger partial charge in [0.25, 0.3) is 0 Å². The lowest BCUT2D eigenvalue weighted by molar-refractivity contribution is 0.272. The number of hydrogen-bond acceptors (Lipinski definition) is 4. The third kappa shape index (κ3) is 5.61. The van der Waals surface area contributed by atoms with Crippen LogP contribution in [-0.4, -0.2) is 18.3 Å². The third-order valence-corrected chi connectivity index (χ3v) is 10.3. The molecule has 2 aromatic rings. The van der Waals surface area contributed by atoms with Crippen molar-refractivity contribution in [2.24, 2.45) is 0 Å². The molecule has 0 aliphatic rings. The average Bonchev–Trinajstić information content (AvgIpc) is 2.53. The van der Waals surface area contributed by atoms with Crippen LogP contribution in [0.4, 0.5) is 0 Å². The molecular formula is C18H24Br2N2O2Si. The summed E-state index contributed by atoms with van der Waals surface area (Å²) >= 11 is 6.98. The molecule has 0 spiro atoms. The minimum atomic E-state index is -1.77.